The van der Waals surface area contributed by atoms with Crippen molar-refractivity contribution in [2.24, 2.45) is 11.1 Å². The van der Waals surface area contributed by atoms with E-state index in [4.69, 9.17) is 10.6 Å². The molecule has 0 atom stereocenters. The van der Waals surface area contributed by atoms with Gasteiger partial charge in [-0.1, -0.05) is 23.4 Å². The number of aromatic hydroxyl groups is 1. The number of nitrogens with one attached hydrogen (secondary N) is 1. The van der Waals surface area contributed by atoms with Gasteiger partial charge in [-0.2, -0.15) is 5.53 Å². The third kappa shape index (κ3) is 8.94. The molecular weight excluding hydrogens is 209 g/mol. The number of nitrogens with two attached hydrogens (primary N) is 1. The molecule has 0 bridgehead atoms. The Bertz CT molecular complexity index is 180. The van der Waals surface area contributed by atoms with Crippen molar-refractivity contribution in [1.82, 2.24) is 0 Å². The molecule has 1 rings (SSSR count). The van der Waals surface area contributed by atoms with Crippen molar-refractivity contribution in [3.8, 4) is 5.75 Å². The van der Waals surface area contributed by atoms with Crippen LogP contribution in [0.5, 0.6) is 5.75 Å². The normalized spacial score (nSPS) is 6.55. The maximum atomic E-state index is 8.63. The molecule has 4 N–H and O–H groups in total. The van der Waals surface area contributed by atoms with E-state index in [1.807, 2.05) is 6.07 Å². The number of nitrogens with zero attached hydrogens (tertiary/aromatic N) is 1. The molecule has 5 heteroatoms. The third-order valence-corrected chi connectivity index (χ3v) is 0.756. The minimum atomic E-state index is 0. The average Bonchev–Trinajstić information content (AvgIpc) is 1.91. The first-order chi connectivity index (χ1) is 4.81. The number of phenols is 1. The molecule has 0 heterocycles. The van der Waals surface area contributed by atoms with Crippen LogP contribution in [-0.4, -0.2) is 22.2 Å². The minimum absolute atomic E-state index is 0. The molecule has 0 fully saturated rings. The SMILES string of the molecule is N=NN.Oc1ccccc1.[SeH2]. The average molecular weight is 220 g/mol. The Morgan fingerprint density at radius 2 is 1.64 bits per heavy atom. The van der Waals surface area contributed by atoms with Crippen molar-refractivity contribution in [3.05, 3.63) is 30.3 Å². The van der Waals surface area contributed by atoms with Gasteiger partial charge >= 0.3 is 17.1 Å². The van der Waals surface area contributed by atoms with E-state index in [1.54, 1.807) is 24.3 Å². The fourth-order valence-corrected chi connectivity index (χ4v) is 0.428. The van der Waals surface area contributed by atoms with Crippen molar-refractivity contribution in [2.75, 3.05) is 0 Å². The van der Waals surface area contributed by atoms with Gasteiger partial charge in [0.25, 0.3) is 0 Å². The Morgan fingerprint density at radius 1 is 1.27 bits per heavy atom. The molecule has 0 aliphatic rings. The van der Waals surface area contributed by atoms with Crippen LogP contribution in [0.3, 0.4) is 0 Å². The second-order valence-electron chi connectivity index (χ2n) is 1.46. The number of rotatable bonds is 0. The Hall–Kier alpha value is -1.06. The van der Waals surface area contributed by atoms with Crippen LogP contribution in [0.4, 0.5) is 0 Å². The fraction of sp³-hybridized carbons (Fsp3) is 0. The Kier molecular flexibility index (Phi) is 10.2. The molecule has 11 heavy (non-hydrogen) atoms. The molecule has 4 nitrogen and oxygen atoms in total. The van der Waals surface area contributed by atoms with Crippen LogP contribution >= 0.6 is 0 Å². The number of benzene rings is 1. The van der Waals surface area contributed by atoms with Gasteiger partial charge in [0.2, 0.25) is 0 Å². The summed E-state index contributed by atoms with van der Waals surface area (Å²) in [5.74, 6) is 4.46. The summed E-state index contributed by atoms with van der Waals surface area (Å²) in [6.07, 6.45) is 0. The van der Waals surface area contributed by atoms with E-state index in [1.165, 1.54) is 0 Å². The maximum absolute atomic E-state index is 8.63. The van der Waals surface area contributed by atoms with Crippen LogP contribution in [0.15, 0.2) is 35.6 Å². The standard InChI is InChI=1S/C6H6O.H3N3.H2Se/c7-6-4-2-1-3-5-6;1-3-2;/h1-5,7H;(H3,1,2);1H2. The van der Waals surface area contributed by atoms with Gasteiger partial charge in [-0.25, -0.2) is 0 Å². The number of hydrogen-bond acceptors (Lipinski definition) is 3. The summed E-state index contributed by atoms with van der Waals surface area (Å²) in [6.45, 7) is 0. The predicted octanol–water partition coefficient (Wildman–Crippen LogP) is 0.367. The molecule has 0 radical (unpaired) electrons. The zero-order valence-electron chi connectivity index (χ0n) is 5.86. The van der Waals surface area contributed by atoms with Crippen molar-refractivity contribution in [3.63, 3.8) is 0 Å². The van der Waals surface area contributed by atoms with Gasteiger partial charge < -0.3 is 10.9 Å². The molecule has 62 valence electrons. The van der Waals surface area contributed by atoms with Crippen LogP contribution in [0.1, 0.15) is 0 Å². The zero-order valence-corrected chi connectivity index (χ0v) is 7.96. The van der Waals surface area contributed by atoms with Crippen molar-refractivity contribution >= 4 is 17.1 Å². The number of para-hydroxylation sites is 1. The molecular formula is C6H11N3OSe. The van der Waals surface area contributed by atoms with Gasteiger partial charge in [-0.15, -0.1) is 0 Å². The predicted molar refractivity (Wildman–Crippen MR) is 46.0 cm³/mol. The summed E-state index contributed by atoms with van der Waals surface area (Å²) < 4.78 is 0. The first kappa shape index (κ1) is 12.6. The summed E-state index contributed by atoms with van der Waals surface area (Å²) in [5, 5.41) is 10.9. The molecule has 0 amide bonds. The van der Waals surface area contributed by atoms with E-state index in [0.29, 0.717) is 5.75 Å². The van der Waals surface area contributed by atoms with Gasteiger partial charge in [-0.05, 0) is 12.1 Å². The van der Waals surface area contributed by atoms with Crippen molar-refractivity contribution in [2.45, 2.75) is 0 Å². The number of hydrogen-bond donors (Lipinski definition) is 3. The monoisotopic (exact) mass is 221 g/mol. The second kappa shape index (κ2) is 8.94. The molecule has 0 aliphatic carbocycles. The van der Waals surface area contributed by atoms with E-state index in [0.717, 1.165) is 0 Å². The summed E-state index contributed by atoms with van der Waals surface area (Å²) >= 11 is 0. The Balaban J connectivity index is 0. The van der Waals surface area contributed by atoms with Crippen LogP contribution in [-0.2, 0) is 0 Å². The zero-order chi connectivity index (χ0) is 7.82. The van der Waals surface area contributed by atoms with Gasteiger partial charge in [-0.3, -0.25) is 0 Å². The molecule has 0 unspecified atom stereocenters. The molecule has 0 aliphatic heterocycles. The first-order valence-corrected chi connectivity index (χ1v) is 2.62. The van der Waals surface area contributed by atoms with E-state index < -0.39 is 0 Å². The summed E-state index contributed by atoms with van der Waals surface area (Å²) in [6, 6.07) is 8.71. The summed E-state index contributed by atoms with van der Waals surface area (Å²) in [4.78, 5) is 0. The van der Waals surface area contributed by atoms with E-state index >= 15 is 0 Å². The van der Waals surface area contributed by atoms with Crippen molar-refractivity contribution in [1.29, 1.82) is 5.53 Å². The fourth-order valence-electron chi connectivity index (χ4n) is 0.428. The molecule has 1 aromatic carbocycles. The quantitative estimate of drug-likeness (QED) is 0.255. The molecule has 1 aromatic rings. The van der Waals surface area contributed by atoms with Gasteiger partial charge in [0.05, 0.1) is 0 Å². The van der Waals surface area contributed by atoms with E-state index in [-0.39, 0.29) is 17.1 Å². The molecule has 0 saturated carbocycles. The second-order valence-corrected chi connectivity index (χ2v) is 1.46. The van der Waals surface area contributed by atoms with E-state index in [2.05, 4.69) is 11.1 Å². The Morgan fingerprint density at radius 3 is 1.82 bits per heavy atom. The van der Waals surface area contributed by atoms with Crippen molar-refractivity contribution < 1.29 is 5.11 Å². The van der Waals surface area contributed by atoms with E-state index in [9.17, 15) is 0 Å². The molecule has 0 spiro atoms. The molecule has 0 saturated heterocycles. The van der Waals surface area contributed by atoms with Gasteiger partial charge in [0.1, 0.15) is 5.75 Å². The van der Waals surface area contributed by atoms with Crippen LogP contribution in [0, 0.1) is 5.53 Å². The van der Waals surface area contributed by atoms with Gasteiger partial charge in [0.15, 0.2) is 0 Å². The number of phenolic OH excluding ortho intramolecular Hbond substituents is 1. The van der Waals surface area contributed by atoms with Gasteiger partial charge in [0, 0.05) is 0 Å². The molecule has 0 aromatic heterocycles. The van der Waals surface area contributed by atoms with Crippen LogP contribution in [0.25, 0.3) is 0 Å². The topological polar surface area (TPSA) is 82.5 Å². The van der Waals surface area contributed by atoms with Crippen LogP contribution in [0.2, 0.25) is 0 Å². The van der Waals surface area contributed by atoms with Crippen LogP contribution < -0.4 is 5.84 Å². The first-order valence-electron chi connectivity index (χ1n) is 2.62. The summed E-state index contributed by atoms with van der Waals surface area (Å²) in [5.41, 5.74) is 5.61. The Labute approximate surface area is 75.4 Å². The third-order valence-electron chi connectivity index (χ3n) is 0.756. The summed E-state index contributed by atoms with van der Waals surface area (Å²) in [7, 11) is 0.